The Bertz CT molecular complexity index is 406. The van der Waals surface area contributed by atoms with Gasteiger partial charge in [-0.05, 0) is 49.4 Å². The monoisotopic (exact) mass is 257 g/mol. The van der Waals surface area contributed by atoms with E-state index in [2.05, 4.69) is 4.90 Å². The highest BCUT2D eigenvalue weighted by atomic mass is 19.4. The van der Waals surface area contributed by atoms with E-state index < -0.39 is 11.7 Å². The fraction of sp³-hybridized carbons (Fsp3) is 0.571. The van der Waals surface area contributed by atoms with Crippen LogP contribution < -0.4 is 4.90 Å². The number of piperidine rings is 1. The minimum Gasteiger partial charge on any atom is -0.372 e. The molecule has 0 aliphatic carbocycles. The van der Waals surface area contributed by atoms with Gasteiger partial charge in [-0.3, -0.25) is 0 Å². The first-order valence-electron chi connectivity index (χ1n) is 6.47. The van der Waals surface area contributed by atoms with Gasteiger partial charge in [0.05, 0.1) is 5.56 Å². The first kappa shape index (κ1) is 13.2. The highest BCUT2D eigenvalue weighted by Crippen LogP contribution is 2.33. The van der Waals surface area contributed by atoms with Gasteiger partial charge < -0.3 is 4.90 Å². The second kappa shape index (κ2) is 5.21. The summed E-state index contributed by atoms with van der Waals surface area (Å²) < 4.78 is 38.5. The van der Waals surface area contributed by atoms with E-state index >= 15 is 0 Å². The Morgan fingerprint density at radius 3 is 2.28 bits per heavy atom. The summed E-state index contributed by atoms with van der Waals surface area (Å²) in [6.07, 6.45) is -0.314. The van der Waals surface area contributed by atoms with Gasteiger partial charge in [0.15, 0.2) is 0 Å². The predicted octanol–water partition coefficient (Wildman–Crippen LogP) is 4.26. The van der Waals surface area contributed by atoms with E-state index in [4.69, 9.17) is 0 Å². The summed E-state index contributed by atoms with van der Waals surface area (Å²) in [7, 11) is 0. The van der Waals surface area contributed by atoms with Crippen LogP contribution in [0.25, 0.3) is 0 Å². The number of hydrogen-bond donors (Lipinski definition) is 0. The Kier molecular flexibility index (Phi) is 3.83. The van der Waals surface area contributed by atoms with Crippen molar-refractivity contribution in [1.82, 2.24) is 0 Å². The summed E-state index contributed by atoms with van der Waals surface area (Å²) in [4.78, 5) is 2.07. The first-order chi connectivity index (χ1) is 8.50. The van der Waals surface area contributed by atoms with Gasteiger partial charge in [-0.1, -0.05) is 6.92 Å². The summed E-state index contributed by atoms with van der Waals surface area (Å²) in [6, 6.07) is 4.43. The Hall–Kier alpha value is -1.19. The van der Waals surface area contributed by atoms with E-state index in [0.717, 1.165) is 37.2 Å². The largest absolute Gasteiger partial charge is 0.416 e. The smallest absolute Gasteiger partial charge is 0.372 e. The van der Waals surface area contributed by atoms with Crippen LogP contribution >= 0.6 is 0 Å². The van der Waals surface area contributed by atoms with Crippen LogP contribution in [0.15, 0.2) is 18.2 Å². The van der Waals surface area contributed by atoms with Gasteiger partial charge in [0.25, 0.3) is 0 Å². The highest BCUT2D eigenvalue weighted by Gasteiger charge is 2.31. The van der Waals surface area contributed by atoms with Gasteiger partial charge in [0.1, 0.15) is 0 Å². The molecule has 0 unspecified atom stereocenters. The topological polar surface area (TPSA) is 3.24 Å². The molecule has 0 amide bonds. The third-order valence-electron chi connectivity index (χ3n) is 3.43. The molecule has 0 bridgehead atoms. The fourth-order valence-corrected chi connectivity index (χ4v) is 2.38. The number of anilines is 1. The zero-order valence-corrected chi connectivity index (χ0v) is 10.6. The molecule has 1 saturated heterocycles. The summed E-state index contributed by atoms with van der Waals surface area (Å²) >= 11 is 0. The second-order valence-electron chi connectivity index (χ2n) is 4.79. The lowest BCUT2D eigenvalue weighted by atomic mass is 10.0. The molecule has 0 saturated carbocycles. The van der Waals surface area contributed by atoms with Crippen LogP contribution in [0.2, 0.25) is 0 Å². The van der Waals surface area contributed by atoms with Crippen molar-refractivity contribution in [2.75, 3.05) is 18.0 Å². The average molecular weight is 257 g/mol. The van der Waals surface area contributed by atoms with Gasteiger partial charge in [-0.15, -0.1) is 0 Å². The van der Waals surface area contributed by atoms with Crippen molar-refractivity contribution in [1.29, 1.82) is 0 Å². The van der Waals surface area contributed by atoms with Gasteiger partial charge in [0, 0.05) is 18.8 Å². The molecule has 0 atom stereocenters. The summed E-state index contributed by atoms with van der Waals surface area (Å²) in [5.74, 6) is 0. The fourth-order valence-electron chi connectivity index (χ4n) is 2.38. The maximum atomic E-state index is 12.8. The Morgan fingerprint density at radius 1 is 1.06 bits per heavy atom. The maximum Gasteiger partial charge on any atom is 0.416 e. The van der Waals surface area contributed by atoms with Crippen molar-refractivity contribution < 1.29 is 13.2 Å². The standard InChI is InChI=1S/C14H18F3N/c1-2-11-8-12(14(15,16)17)10-13(9-11)18-6-4-3-5-7-18/h8-10H,2-7H2,1H3. The summed E-state index contributed by atoms with van der Waals surface area (Å²) in [6.45, 7) is 3.62. The molecule has 0 aromatic heterocycles. The van der Waals surface area contributed by atoms with E-state index in [-0.39, 0.29) is 0 Å². The Balaban J connectivity index is 2.34. The number of aryl methyl sites for hydroxylation is 1. The SMILES string of the molecule is CCc1cc(N2CCCCC2)cc(C(F)(F)F)c1. The van der Waals surface area contributed by atoms with E-state index in [1.807, 2.05) is 13.0 Å². The second-order valence-corrected chi connectivity index (χ2v) is 4.79. The lowest BCUT2D eigenvalue weighted by molar-refractivity contribution is -0.137. The van der Waals surface area contributed by atoms with Crippen molar-refractivity contribution in [2.24, 2.45) is 0 Å². The molecule has 1 heterocycles. The van der Waals surface area contributed by atoms with E-state index in [0.29, 0.717) is 6.42 Å². The van der Waals surface area contributed by atoms with Crippen molar-refractivity contribution in [3.8, 4) is 0 Å². The van der Waals surface area contributed by atoms with Crippen LogP contribution in [0.4, 0.5) is 18.9 Å². The normalized spacial score (nSPS) is 17.0. The minimum absolute atomic E-state index is 0.526. The van der Waals surface area contributed by atoms with Crippen LogP contribution in [-0.4, -0.2) is 13.1 Å². The van der Waals surface area contributed by atoms with Gasteiger partial charge in [-0.2, -0.15) is 13.2 Å². The zero-order chi connectivity index (χ0) is 13.2. The molecule has 4 heteroatoms. The number of halogens is 3. The molecular weight excluding hydrogens is 239 g/mol. The molecule has 100 valence electrons. The number of benzene rings is 1. The molecule has 1 nitrogen and oxygen atoms in total. The molecule has 2 rings (SSSR count). The molecule has 0 N–H and O–H groups in total. The average Bonchev–Trinajstić information content (AvgIpc) is 2.38. The van der Waals surface area contributed by atoms with E-state index in [1.165, 1.54) is 18.6 Å². The lowest BCUT2D eigenvalue weighted by Crippen LogP contribution is -2.29. The summed E-state index contributed by atoms with van der Waals surface area (Å²) in [5, 5.41) is 0. The van der Waals surface area contributed by atoms with Crippen LogP contribution in [0, 0.1) is 0 Å². The third-order valence-corrected chi connectivity index (χ3v) is 3.43. The van der Waals surface area contributed by atoms with Gasteiger partial charge in [-0.25, -0.2) is 0 Å². The molecule has 1 aromatic carbocycles. The Labute approximate surface area is 106 Å². The molecule has 1 aliphatic rings. The van der Waals surface area contributed by atoms with Gasteiger partial charge in [0.2, 0.25) is 0 Å². The number of nitrogens with zero attached hydrogens (tertiary/aromatic N) is 1. The highest BCUT2D eigenvalue weighted by molar-refractivity contribution is 5.52. The Morgan fingerprint density at radius 2 is 1.72 bits per heavy atom. The van der Waals surface area contributed by atoms with Crippen LogP contribution in [0.1, 0.15) is 37.3 Å². The molecule has 1 aliphatic heterocycles. The van der Waals surface area contributed by atoms with E-state index in [1.54, 1.807) is 0 Å². The third kappa shape index (κ3) is 2.98. The summed E-state index contributed by atoms with van der Waals surface area (Å²) in [5.41, 5.74) is 0.953. The number of rotatable bonds is 2. The van der Waals surface area contributed by atoms with Crippen LogP contribution in [-0.2, 0) is 12.6 Å². The van der Waals surface area contributed by atoms with Crippen molar-refractivity contribution >= 4 is 5.69 Å². The minimum atomic E-state index is -4.25. The predicted molar refractivity (Wildman–Crippen MR) is 66.9 cm³/mol. The molecule has 0 spiro atoms. The first-order valence-corrected chi connectivity index (χ1v) is 6.47. The number of hydrogen-bond acceptors (Lipinski definition) is 1. The van der Waals surface area contributed by atoms with Crippen molar-refractivity contribution in [3.63, 3.8) is 0 Å². The lowest BCUT2D eigenvalue weighted by Gasteiger charge is -2.29. The molecule has 18 heavy (non-hydrogen) atoms. The van der Waals surface area contributed by atoms with Crippen molar-refractivity contribution in [2.45, 2.75) is 38.8 Å². The maximum absolute atomic E-state index is 12.8. The molecule has 1 aromatic rings. The van der Waals surface area contributed by atoms with Crippen LogP contribution in [0.5, 0.6) is 0 Å². The molecule has 0 radical (unpaired) electrons. The van der Waals surface area contributed by atoms with E-state index in [9.17, 15) is 13.2 Å². The molecular formula is C14H18F3N. The number of alkyl halides is 3. The van der Waals surface area contributed by atoms with Gasteiger partial charge >= 0.3 is 6.18 Å². The van der Waals surface area contributed by atoms with Crippen LogP contribution in [0.3, 0.4) is 0 Å². The molecule has 1 fully saturated rings. The zero-order valence-electron chi connectivity index (χ0n) is 10.6. The van der Waals surface area contributed by atoms with Crippen molar-refractivity contribution in [3.05, 3.63) is 29.3 Å². The quantitative estimate of drug-likeness (QED) is 0.765.